The SMILES string of the molecule is CC(Oc1nc(NC(=O)OC(C)(C)C)ncc1Br)C1CCC1. The van der Waals surface area contributed by atoms with Crippen molar-refractivity contribution in [1.29, 1.82) is 0 Å². The van der Waals surface area contributed by atoms with E-state index in [2.05, 4.69) is 31.2 Å². The summed E-state index contributed by atoms with van der Waals surface area (Å²) in [7, 11) is 0. The van der Waals surface area contributed by atoms with Crippen molar-refractivity contribution < 1.29 is 14.3 Å². The number of amides is 1. The lowest BCUT2D eigenvalue weighted by molar-refractivity contribution is 0.0634. The Morgan fingerprint density at radius 3 is 2.68 bits per heavy atom. The van der Waals surface area contributed by atoms with E-state index in [4.69, 9.17) is 9.47 Å². The van der Waals surface area contributed by atoms with E-state index in [0.717, 1.165) is 0 Å². The summed E-state index contributed by atoms with van der Waals surface area (Å²) in [6.45, 7) is 7.43. The minimum Gasteiger partial charge on any atom is -0.473 e. The third-order valence-corrected chi connectivity index (χ3v) is 3.98. The van der Waals surface area contributed by atoms with E-state index >= 15 is 0 Å². The van der Waals surface area contributed by atoms with Crippen LogP contribution in [0.2, 0.25) is 0 Å². The molecule has 1 aromatic rings. The van der Waals surface area contributed by atoms with Gasteiger partial charge >= 0.3 is 6.09 Å². The second-order valence-electron chi connectivity index (χ2n) is 6.49. The fourth-order valence-electron chi connectivity index (χ4n) is 2.07. The maximum atomic E-state index is 11.7. The van der Waals surface area contributed by atoms with E-state index < -0.39 is 11.7 Å². The first-order valence-electron chi connectivity index (χ1n) is 7.44. The minimum atomic E-state index is -0.590. The number of carbonyl (C=O) groups excluding carboxylic acids is 1. The van der Waals surface area contributed by atoms with Crippen LogP contribution in [-0.2, 0) is 4.74 Å². The van der Waals surface area contributed by atoms with E-state index in [0.29, 0.717) is 16.3 Å². The van der Waals surface area contributed by atoms with Crippen LogP contribution in [0.4, 0.5) is 10.7 Å². The molecular formula is C15H22BrN3O3. The Morgan fingerprint density at radius 2 is 2.14 bits per heavy atom. The summed E-state index contributed by atoms with van der Waals surface area (Å²) in [6.07, 6.45) is 4.69. The Labute approximate surface area is 139 Å². The number of halogens is 1. The topological polar surface area (TPSA) is 73.3 Å². The molecule has 1 N–H and O–H groups in total. The number of hydrogen-bond acceptors (Lipinski definition) is 5. The molecule has 0 bridgehead atoms. The van der Waals surface area contributed by atoms with Gasteiger partial charge in [0.25, 0.3) is 0 Å². The van der Waals surface area contributed by atoms with Crippen molar-refractivity contribution in [3.63, 3.8) is 0 Å². The van der Waals surface area contributed by atoms with Crippen LogP contribution in [0.3, 0.4) is 0 Å². The van der Waals surface area contributed by atoms with Gasteiger partial charge in [0.2, 0.25) is 11.8 Å². The zero-order valence-corrected chi connectivity index (χ0v) is 14.9. The molecule has 2 rings (SSSR count). The summed E-state index contributed by atoms with van der Waals surface area (Å²) >= 11 is 3.37. The van der Waals surface area contributed by atoms with E-state index in [-0.39, 0.29) is 12.1 Å². The highest BCUT2D eigenvalue weighted by Crippen LogP contribution is 2.33. The Bertz CT molecular complexity index is 541. The maximum Gasteiger partial charge on any atom is 0.414 e. The van der Waals surface area contributed by atoms with Crippen LogP contribution < -0.4 is 10.1 Å². The molecule has 6 nitrogen and oxygen atoms in total. The molecule has 1 unspecified atom stereocenters. The molecule has 0 saturated heterocycles. The van der Waals surface area contributed by atoms with E-state index in [1.165, 1.54) is 19.3 Å². The Balaban J connectivity index is 2.01. The smallest absolute Gasteiger partial charge is 0.414 e. The lowest BCUT2D eigenvalue weighted by atomic mass is 9.82. The number of nitrogens with one attached hydrogen (secondary N) is 1. The van der Waals surface area contributed by atoms with Crippen molar-refractivity contribution in [2.75, 3.05) is 5.32 Å². The van der Waals surface area contributed by atoms with Gasteiger partial charge in [-0.2, -0.15) is 4.98 Å². The van der Waals surface area contributed by atoms with Crippen molar-refractivity contribution in [2.24, 2.45) is 5.92 Å². The van der Waals surface area contributed by atoms with Crippen LogP contribution >= 0.6 is 15.9 Å². The largest absolute Gasteiger partial charge is 0.473 e. The first-order valence-corrected chi connectivity index (χ1v) is 8.23. The Kier molecular flexibility index (Phi) is 5.26. The number of hydrogen-bond donors (Lipinski definition) is 1. The Hall–Kier alpha value is -1.37. The van der Waals surface area contributed by atoms with Crippen molar-refractivity contribution >= 4 is 28.0 Å². The average molecular weight is 372 g/mol. The van der Waals surface area contributed by atoms with E-state index in [1.54, 1.807) is 27.0 Å². The predicted octanol–water partition coefficient (Wildman–Crippen LogP) is 4.15. The van der Waals surface area contributed by atoms with Gasteiger partial charge in [-0.05, 0) is 62.4 Å². The van der Waals surface area contributed by atoms with Gasteiger partial charge < -0.3 is 9.47 Å². The molecule has 0 aliphatic heterocycles. The van der Waals surface area contributed by atoms with Gasteiger partial charge in [-0.3, -0.25) is 5.32 Å². The summed E-state index contributed by atoms with van der Waals surface area (Å²) in [6, 6.07) is 0. The molecule has 1 aliphatic rings. The molecule has 1 fully saturated rings. The normalized spacial score (nSPS) is 16.6. The van der Waals surface area contributed by atoms with Crippen LogP contribution in [0.1, 0.15) is 47.0 Å². The molecule has 0 radical (unpaired) electrons. The molecule has 1 amide bonds. The number of carbonyl (C=O) groups is 1. The maximum absolute atomic E-state index is 11.7. The molecule has 1 aromatic heterocycles. The molecule has 1 heterocycles. The van der Waals surface area contributed by atoms with Crippen LogP contribution in [0.5, 0.6) is 5.88 Å². The van der Waals surface area contributed by atoms with Crippen LogP contribution in [0, 0.1) is 5.92 Å². The molecule has 1 atom stereocenters. The molecule has 0 spiro atoms. The monoisotopic (exact) mass is 371 g/mol. The number of ether oxygens (including phenoxy) is 2. The van der Waals surface area contributed by atoms with Crippen LogP contribution in [-0.4, -0.2) is 27.8 Å². The molecule has 7 heteroatoms. The fourth-order valence-corrected chi connectivity index (χ4v) is 2.36. The number of aromatic nitrogens is 2. The number of anilines is 1. The first-order chi connectivity index (χ1) is 10.2. The van der Waals surface area contributed by atoms with Gasteiger partial charge in [0.05, 0.1) is 10.7 Å². The van der Waals surface area contributed by atoms with Crippen LogP contribution in [0.15, 0.2) is 10.7 Å². The van der Waals surface area contributed by atoms with Crippen molar-refractivity contribution in [1.82, 2.24) is 9.97 Å². The van der Waals surface area contributed by atoms with Gasteiger partial charge in [-0.1, -0.05) is 6.42 Å². The van der Waals surface area contributed by atoms with E-state index in [1.807, 2.05) is 6.92 Å². The molecule has 122 valence electrons. The standard InChI is InChI=1S/C15H22BrN3O3/c1-9(10-6-5-7-10)21-12-11(16)8-17-13(18-12)19-14(20)22-15(2,3)4/h8-10H,5-7H2,1-4H3,(H,17,18,19,20). The van der Waals surface area contributed by atoms with Crippen LogP contribution in [0.25, 0.3) is 0 Å². The summed E-state index contributed by atoms with van der Waals surface area (Å²) in [5.74, 6) is 1.16. The van der Waals surface area contributed by atoms with Crippen molar-refractivity contribution in [3.05, 3.63) is 10.7 Å². The highest BCUT2D eigenvalue weighted by atomic mass is 79.9. The lowest BCUT2D eigenvalue weighted by Crippen LogP contribution is -2.30. The highest BCUT2D eigenvalue weighted by molar-refractivity contribution is 9.10. The quantitative estimate of drug-likeness (QED) is 0.859. The third kappa shape index (κ3) is 4.83. The summed E-state index contributed by atoms with van der Waals surface area (Å²) in [5, 5.41) is 2.51. The van der Waals surface area contributed by atoms with Gasteiger partial charge in [0, 0.05) is 0 Å². The second kappa shape index (κ2) is 6.81. The Morgan fingerprint density at radius 1 is 1.45 bits per heavy atom. The molecule has 22 heavy (non-hydrogen) atoms. The van der Waals surface area contributed by atoms with Gasteiger partial charge in [0.1, 0.15) is 11.7 Å². The summed E-state index contributed by atoms with van der Waals surface area (Å²) in [5.41, 5.74) is -0.572. The average Bonchev–Trinajstić information content (AvgIpc) is 2.28. The first kappa shape index (κ1) is 17.0. The molecule has 1 aliphatic carbocycles. The zero-order chi connectivity index (χ0) is 16.3. The number of nitrogens with zero attached hydrogens (tertiary/aromatic N) is 2. The minimum absolute atomic E-state index is 0.0920. The predicted molar refractivity (Wildman–Crippen MR) is 87.0 cm³/mol. The summed E-state index contributed by atoms with van der Waals surface area (Å²) in [4.78, 5) is 20.0. The second-order valence-corrected chi connectivity index (χ2v) is 7.34. The highest BCUT2D eigenvalue weighted by Gasteiger charge is 2.26. The zero-order valence-electron chi connectivity index (χ0n) is 13.4. The lowest BCUT2D eigenvalue weighted by Gasteiger charge is -2.31. The van der Waals surface area contributed by atoms with Gasteiger partial charge in [-0.25, -0.2) is 9.78 Å². The molecular weight excluding hydrogens is 350 g/mol. The molecule has 1 saturated carbocycles. The third-order valence-electron chi connectivity index (χ3n) is 3.44. The van der Waals surface area contributed by atoms with Gasteiger partial charge in [-0.15, -0.1) is 0 Å². The van der Waals surface area contributed by atoms with Crippen molar-refractivity contribution in [3.8, 4) is 5.88 Å². The fraction of sp³-hybridized carbons (Fsp3) is 0.667. The van der Waals surface area contributed by atoms with Crippen molar-refractivity contribution in [2.45, 2.75) is 58.7 Å². The summed E-state index contributed by atoms with van der Waals surface area (Å²) < 4.78 is 11.7. The van der Waals surface area contributed by atoms with Gasteiger partial charge in [0.15, 0.2) is 0 Å². The van der Waals surface area contributed by atoms with E-state index in [9.17, 15) is 4.79 Å². The molecule has 0 aromatic carbocycles. The number of rotatable bonds is 4.